The van der Waals surface area contributed by atoms with E-state index in [2.05, 4.69) is 0 Å². The van der Waals surface area contributed by atoms with Crippen molar-refractivity contribution < 1.29 is 19.2 Å². The largest absolute Gasteiger partial charge is 0.444 e. The van der Waals surface area contributed by atoms with E-state index in [0.717, 1.165) is 0 Å². The normalized spacial score (nSPS) is 15.8. The van der Waals surface area contributed by atoms with Gasteiger partial charge in [-0.05, 0) is 27.2 Å². The molecule has 6 heteroatoms. The minimum absolute atomic E-state index is 0.175. The molecule has 19 heavy (non-hydrogen) atoms. The van der Waals surface area contributed by atoms with E-state index in [9.17, 15) is 9.59 Å². The number of ether oxygens (including phenoxy) is 1. The summed E-state index contributed by atoms with van der Waals surface area (Å²) in [6, 6.07) is 0. The first-order chi connectivity index (χ1) is 8.74. The van der Waals surface area contributed by atoms with Crippen LogP contribution in [-0.2, 0) is 14.4 Å². The van der Waals surface area contributed by atoms with E-state index in [0.29, 0.717) is 25.1 Å². The van der Waals surface area contributed by atoms with Gasteiger partial charge in [-0.1, -0.05) is 6.08 Å². The van der Waals surface area contributed by atoms with Gasteiger partial charge in [-0.2, -0.15) is 0 Å². The maximum atomic E-state index is 11.8. The van der Waals surface area contributed by atoms with Crippen LogP contribution in [0.2, 0.25) is 0 Å². The first-order valence-electron chi connectivity index (χ1n) is 6.23. The van der Waals surface area contributed by atoms with Crippen molar-refractivity contribution in [1.82, 2.24) is 9.96 Å². The zero-order valence-electron chi connectivity index (χ0n) is 12.2. The molecule has 0 aliphatic carbocycles. The molecule has 0 unspecified atom stereocenters. The van der Waals surface area contributed by atoms with Crippen LogP contribution in [0.1, 0.15) is 27.2 Å². The Balaban J connectivity index is 2.58. The molecule has 0 fully saturated rings. The predicted molar refractivity (Wildman–Crippen MR) is 70.3 cm³/mol. The van der Waals surface area contributed by atoms with Crippen LogP contribution < -0.4 is 0 Å². The summed E-state index contributed by atoms with van der Waals surface area (Å²) in [5.74, 6) is -0.175. The van der Waals surface area contributed by atoms with Gasteiger partial charge in [-0.25, -0.2) is 9.86 Å². The number of nitrogens with zero attached hydrogens (tertiary/aromatic N) is 2. The number of carbonyl (C=O) groups is 2. The van der Waals surface area contributed by atoms with Gasteiger partial charge in [-0.3, -0.25) is 9.63 Å². The highest BCUT2D eigenvalue weighted by molar-refractivity contribution is 5.93. The SMILES string of the molecule is CON(C)C(=O)C1=CCN(C(=O)OC(C)(C)C)CC1. The molecule has 0 aromatic carbocycles. The highest BCUT2D eigenvalue weighted by Crippen LogP contribution is 2.16. The van der Waals surface area contributed by atoms with Crippen LogP contribution in [0.3, 0.4) is 0 Å². The third kappa shape index (κ3) is 4.55. The van der Waals surface area contributed by atoms with Crippen LogP contribution in [0, 0.1) is 0 Å². The molecule has 1 aliphatic heterocycles. The van der Waals surface area contributed by atoms with E-state index in [-0.39, 0.29) is 12.0 Å². The second-order valence-corrected chi connectivity index (χ2v) is 5.39. The van der Waals surface area contributed by atoms with Crippen molar-refractivity contribution >= 4 is 12.0 Å². The van der Waals surface area contributed by atoms with Gasteiger partial charge in [0.2, 0.25) is 0 Å². The Morgan fingerprint density at radius 1 is 1.37 bits per heavy atom. The molecule has 0 saturated carbocycles. The van der Waals surface area contributed by atoms with Gasteiger partial charge >= 0.3 is 6.09 Å². The molecule has 0 atom stereocenters. The van der Waals surface area contributed by atoms with Gasteiger partial charge in [0.25, 0.3) is 5.91 Å². The molecule has 108 valence electrons. The van der Waals surface area contributed by atoms with Crippen LogP contribution in [0.5, 0.6) is 0 Å². The topological polar surface area (TPSA) is 59.1 Å². The summed E-state index contributed by atoms with van der Waals surface area (Å²) in [5.41, 5.74) is 0.150. The summed E-state index contributed by atoms with van der Waals surface area (Å²) in [7, 11) is 3.00. The van der Waals surface area contributed by atoms with Crippen LogP contribution in [-0.4, -0.2) is 54.8 Å². The molecule has 0 radical (unpaired) electrons. The van der Waals surface area contributed by atoms with Crippen LogP contribution in [0.25, 0.3) is 0 Å². The molecule has 0 saturated heterocycles. The first-order valence-corrected chi connectivity index (χ1v) is 6.23. The lowest BCUT2D eigenvalue weighted by Crippen LogP contribution is -2.40. The first kappa shape index (κ1) is 15.5. The molecule has 0 aromatic rings. The third-order valence-corrected chi connectivity index (χ3v) is 2.70. The maximum absolute atomic E-state index is 11.8. The molecule has 0 spiro atoms. The minimum Gasteiger partial charge on any atom is -0.444 e. The number of rotatable bonds is 2. The van der Waals surface area contributed by atoms with Crippen molar-refractivity contribution in [3.8, 4) is 0 Å². The molecular formula is C13H22N2O4. The zero-order chi connectivity index (χ0) is 14.6. The van der Waals surface area contributed by atoms with Gasteiger partial charge in [0.15, 0.2) is 0 Å². The molecule has 1 aliphatic rings. The maximum Gasteiger partial charge on any atom is 0.410 e. The second-order valence-electron chi connectivity index (χ2n) is 5.39. The molecule has 1 heterocycles. The molecule has 0 aromatic heterocycles. The van der Waals surface area contributed by atoms with E-state index < -0.39 is 5.60 Å². The van der Waals surface area contributed by atoms with Crippen molar-refractivity contribution in [1.29, 1.82) is 0 Å². The molecule has 0 bridgehead atoms. The fraction of sp³-hybridized carbons (Fsp3) is 0.692. The van der Waals surface area contributed by atoms with Crippen molar-refractivity contribution in [2.45, 2.75) is 32.8 Å². The van der Waals surface area contributed by atoms with Crippen molar-refractivity contribution in [2.75, 3.05) is 27.2 Å². The Morgan fingerprint density at radius 2 is 2.00 bits per heavy atom. The number of hydrogen-bond acceptors (Lipinski definition) is 4. The Bertz CT molecular complexity index is 385. The molecular weight excluding hydrogens is 248 g/mol. The number of amides is 2. The Labute approximate surface area is 113 Å². The van der Waals surface area contributed by atoms with Gasteiger partial charge < -0.3 is 9.64 Å². The standard InChI is InChI=1S/C13H22N2O4/c1-13(2,3)19-12(17)15-8-6-10(7-9-15)11(16)14(4)18-5/h6H,7-9H2,1-5H3. The van der Waals surface area contributed by atoms with Gasteiger partial charge in [0.1, 0.15) is 5.60 Å². The summed E-state index contributed by atoms with van der Waals surface area (Å²) in [6.45, 7) is 6.34. The average Bonchev–Trinajstić information content (AvgIpc) is 2.35. The smallest absolute Gasteiger partial charge is 0.410 e. The number of carbonyl (C=O) groups excluding carboxylic acids is 2. The molecule has 6 nitrogen and oxygen atoms in total. The Hall–Kier alpha value is -1.56. The highest BCUT2D eigenvalue weighted by atomic mass is 16.7. The molecule has 0 N–H and O–H groups in total. The Kier molecular flexibility index (Phi) is 4.94. The monoisotopic (exact) mass is 270 g/mol. The lowest BCUT2D eigenvalue weighted by atomic mass is 10.1. The van der Waals surface area contributed by atoms with Crippen molar-refractivity contribution in [3.05, 3.63) is 11.6 Å². The highest BCUT2D eigenvalue weighted by Gasteiger charge is 2.26. The lowest BCUT2D eigenvalue weighted by Gasteiger charge is -2.29. The van der Waals surface area contributed by atoms with Crippen LogP contribution in [0.4, 0.5) is 4.79 Å². The average molecular weight is 270 g/mol. The fourth-order valence-corrected chi connectivity index (χ4v) is 1.64. The summed E-state index contributed by atoms with van der Waals surface area (Å²) >= 11 is 0. The van der Waals surface area contributed by atoms with E-state index in [1.54, 1.807) is 18.0 Å². The second kappa shape index (κ2) is 6.06. The zero-order valence-corrected chi connectivity index (χ0v) is 12.2. The van der Waals surface area contributed by atoms with E-state index in [1.807, 2.05) is 20.8 Å². The van der Waals surface area contributed by atoms with Gasteiger partial charge in [0, 0.05) is 25.7 Å². The molecule has 1 rings (SSSR count). The summed E-state index contributed by atoms with van der Waals surface area (Å²) < 4.78 is 5.28. The molecule has 2 amide bonds. The lowest BCUT2D eigenvalue weighted by molar-refractivity contribution is -0.164. The predicted octanol–water partition coefficient (Wildman–Crippen LogP) is 1.57. The van der Waals surface area contributed by atoms with Gasteiger partial charge in [-0.15, -0.1) is 0 Å². The quantitative estimate of drug-likeness (QED) is 0.715. The van der Waals surface area contributed by atoms with E-state index in [4.69, 9.17) is 9.57 Å². The minimum atomic E-state index is -0.507. The summed E-state index contributed by atoms with van der Waals surface area (Å²) in [5, 5.41) is 1.18. The number of hydrogen-bond donors (Lipinski definition) is 0. The van der Waals surface area contributed by atoms with Crippen molar-refractivity contribution in [3.63, 3.8) is 0 Å². The fourth-order valence-electron chi connectivity index (χ4n) is 1.64. The Morgan fingerprint density at radius 3 is 2.42 bits per heavy atom. The van der Waals surface area contributed by atoms with Gasteiger partial charge in [0.05, 0.1) is 7.11 Å². The third-order valence-electron chi connectivity index (χ3n) is 2.70. The number of likely N-dealkylation sites (N-methyl/N-ethyl adjacent to an activating group) is 1. The summed E-state index contributed by atoms with van der Waals surface area (Å²) in [6.07, 6.45) is 1.90. The van der Waals surface area contributed by atoms with E-state index >= 15 is 0 Å². The van der Waals surface area contributed by atoms with Crippen molar-refractivity contribution in [2.24, 2.45) is 0 Å². The number of hydroxylamine groups is 2. The van der Waals surface area contributed by atoms with Crippen LogP contribution in [0.15, 0.2) is 11.6 Å². The summed E-state index contributed by atoms with van der Waals surface area (Å²) in [4.78, 5) is 30.1. The van der Waals surface area contributed by atoms with E-state index in [1.165, 1.54) is 12.2 Å². The van der Waals surface area contributed by atoms with Crippen LogP contribution >= 0.6 is 0 Å².